The SMILES string of the molecule is NCCCCC(NC(=O)C1Cc2ccc(cc2)NC(=O)CCC(=O)NC(Cc2cccs2)C(=O)NC(Cc2ccc(-c3ccccc3)cc2)C(=O)NC(Cc2ccccc2)C(=O)N1)C(=O)O. The van der Waals surface area contributed by atoms with Gasteiger partial charge in [-0.1, -0.05) is 103 Å². The van der Waals surface area contributed by atoms with E-state index in [-0.39, 0.29) is 44.9 Å². The van der Waals surface area contributed by atoms with Crippen molar-refractivity contribution in [2.75, 3.05) is 11.9 Å². The maximum Gasteiger partial charge on any atom is 0.326 e. The Kier molecular flexibility index (Phi) is 17.7. The summed E-state index contributed by atoms with van der Waals surface area (Å²) in [5.41, 5.74) is 9.91. The van der Waals surface area contributed by atoms with E-state index in [0.29, 0.717) is 41.8 Å². The normalized spacial score (nSPS) is 19.2. The summed E-state index contributed by atoms with van der Waals surface area (Å²) in [6.07, 6.45) is 0.668. The number of thiophene rings is 1. The van der Waals surface area contributed by atoms with Gasteiger partial charge < -0.3 is 42.7 Å². The summed E-state index contributed by atoms with van der Waals surface area (Å²) in [7, 11) is 0. The fourth-order valence-electron chi connectivity index (χ4n) is 7.53. The van der Waals surface area contributed by atoms with Gasteiger partial charge in [0.15, 0.2) is 0 Å². The average Bonchev–Trinajstić information content (AvgIpc) is 3.84. The van der Waals surface area contributed by atoms with Gasteiger partial charge in [0.05, 0.1) is 0 Å². The van der Waals surface area contributed by atoms with Gasteiger partial charge in [-0.15, -0.1) is 11.3 Å². The number of fused-ring (bicyclic) bond motifs is 18. The van der Waals surface area contributed by atoms with Crippen LogP contribution < -0.4 is 37.6 Å². The van der Waals surface area contributed by atoms with E-state index in [1.165, 1.54) is 11.3 Å². The van der Waals surface area contributed by atoms with Crippen LogP contribution in [0.5, 0.6) is 0 Å². The lowest BCUT2D eigenvalue weighted by Gasteiger charge is -2.27. The average molecular weight is 914 g/mol. The highest BCUT2D eigenvalue weighted by Crippen LogP contribution is 2.21. The number of nitrogens with one attached hydrogen (secondary N) is 6. The number of nitrogens with two attached hydrogens (primary N) is 1. The molecule has 7 rings (SSSR count). The smallest absolute Gasteiger partial charge is 0.326 e. The summed E-state index contributed by atoms with van der Waals surface area (Å²) < 4.78 is 0. The number of rotatable bonds is 14. The van der Waals surface area contributed by atoms with Crippen molar-refractivity contribution in [1.29, 1.82) is 0 Å². The third-order valence-electron chi connectivity index (χ3n) is 11.1. The molecule has 15 nitrogen and oxygen atoms in total. The first-order valence-electron chi connectivity index (χ1n) is 22.0. The van der Waals surface area contributed by atoms with Gasteiger partial charge in [-0.25, -0.2) is 4.79 Å². The van der Waals surface area contributed by atoms with Crippen LogP contribution in [-0.4, -0.2) is 83.3 Å². The second-order valence-electron chi connectivity index (χ2n) is 16.2. The van der Waals surface area contributed by atoms with Gasteiger partial charge in [0.25, 0.3) is 0 Å². The predicted octanol–water partition coefficient (Wildman–Crippen LogP) is 4.06. The highest BCUT2D eigenvalue weighted by Gasteiger charge is 2.33. The molecular formula is C50H55N7O8S. The summed E-state index contributed by atoms with van der Waals surface area (Å²) in [5.74, 6) is -5.12. The van der Waals surface area contributed by atoms with E-state index in [1.54, 1.807) is 48.5 Å². The first-order valence-corrected chi connectivity index (χ1v) is 22.8. The first kappa shape index (κ1) is 48.3. The number of amides is 6. The highest BCUT2D eigenvalue weighted by atomic mass is 32.1. The Balaban J connectivity index is 1.36. The summed E-state index contributed by atoms with van der Waals surface area (Å²) in [6, 6.07) is 30.1. The van der Waals surface area contributed by atoms with Crippen molar-refractivity contribution in [2.45, 2.75) is 88.0 Å². The lowest BCUT2D eigenvalue weighted by Crippen LogP contribution is -2.60. The lowest BCUT2D eigenvalue weighted by molar-refractivity contribution is -0.142. The summed E-state index contributed by atoms with van der Waals surface area (Å²) in [5, 5.41) is 28.5. The quantitative estimate of drug-likeness (QED) is 0.0592. The molecule has 344 valence electrons. The third-order valence-corrected chi connectivity index (χ3v) is 12.0. The zero-order valence-electron chi connectivity index (χ0n) is 36.4. The Labute approximate surface area is 387 Å². The number of hydrogen-bond donors (Lipinski definition) is 8. The Morgan fingerprint density at radius 3 is 1.82 bits per heavy atom. The number of carboxylic acid groups (broad SMARTS) is 1. The number of unbranched alkanes of at least 4 members (excludes halogenated alkanes) is 1. The third kappa shape index (κ3) is 14.7. The van der Waals surface area contributed by atoms with E-state index >= 15 is 0 Å². The van der Waals surface area contributed by atoms with Gasteiger partial charge in [-0.2, -0.15) is 0 Å². The maximum absolute atomic E-state index is 14.7. The summed E-state index contributed by atoms with van der Waals surface area (Å²) in [4.78, 5) is 97.1. The minimum Gasteiger partial charge on any atom is -0.480 e. The Bertz CT molecular complexity index is 2420. The minimum atomic E-state index is -1.31. The molecule has 0 radical (unpaired) electrons. The van der Waals surface area contributed by atoms with Crippen LogP contribution in [0.1, 0.15) is 53.7 Å². The van der Waals surface area contributed by atoms with Crippen LogP contribution in [-0.2, 0) is 59.2 Å². The number of benzene rings is 4. The molecule has 3 heterocycles. The molecule has 5 atom stereocenters. The van der Waals surface area contributed by atoms with E-state index in [0.717, 1.165) is 16.0 Å². The molecule has 6 amide bonds. The van der Waals surface area contributed by atoms with Gasteiger partial charge in [-0.05, 0) is 77.2 Å². The van der Waals surface area contributed by atoms with Gasteiger partial charge in [0.1, 0.15) is 30.2 Å². The van der Waals surface area contributed by atoms with Gasteiger partial charge in [0.2, 0.25) is 35.4 Å². The molecule has 4 aromatic carbocycles. The summed E-state index contributed by atoms with van der Waals surface area (Å²) in [6.45, 7) is 0.347. The minimum absolute atomic E-state index is 0.00620. The van der Waals surface area contributed by atoms with Crippen LogP contribution in [0.2, 0.25) is 0 Å². The van der Waals surface area contributed by atoms with Crippen molar-refractivity contribution in [3.05, 3.63) is 148 Å². The summed E-state index contributed by atoms with van der Waals surface area (Å²) >= 11 is 1.39. The van der Waals surface area contributed by atoms with E-state index in [9.17, 15) is 38.7 Å². The molecule has 0 saturated heterocycles. The van der Waals surface area contributed by atoms with Crippen molar-refractivity contribution in [2.24, 2.45) is 5.73 Å². The largest absolute Gasteiger partial charge is 0.480 e. The number of anilines is 1. The topological polar surface area (TPSA) is 238 Å². The molecule has 0 saturated carbocycles. The number of carbonyl (C=O) groups excluding carboxylic acids is 6. The van der Waals surface area contributed by atoms with Crippen LogP contribution in [0.15, 0.2) is 127 Å². The van der Waals surface area contributed by atoms with Gasteiger partial charge in [0, 0.05) is 49.1 Å². The van der Waals surface area contributed by atoms with E-state index < -0.39 is 71.6 Å². The van der Waals surface area contributed by atoms with Crippen LogP contribution >= 0.6 is 11.3 Å². The second-order valence-corrected chi connectivity index (χ2v) is 17.2. The van der Waals surface area contributed by atoms with Crippen LogP contribution in [0.25, 0.3) is 11.1 Å². The van der Waals surface area contributed by atoms with Gasteiger partial charge >= 0.3 is 5.97 Å². The van der Waals surface area contributed by atoms with E-state index in [1.807, 2.05) is 78.2 Å². The molecule has 2 bridgehead atoms. The molecule has 66 heavy (non-hydrogen) atoms. The molecule has 0 aliphatic carbocycles. The first-order chi connectivity index (χ1) is 31.9. The number of hydrogen-bond acceptors (Lipinski definition) is 9. The molecule has 2 aliphatic heterocycles. The Morgan fingerprint density at radius 2 is 1.21 bits per heavy atom. The van der Waals surface area contributed by atoms with Crippen molar-refractivity contribution in [3.63, 3.8) is 0 Å². The molecule has 5 aromatic rings. The van der Waals surface area contributed by atoms with Crippen molar-refractivity contribution in [1.82, 2.24) is 26.6 Å². The van der Waals surface area contributed by atoms with Crippen LogP contribution in [0.3, 0.4) is 0 Å². The zero-order chi connectivity index (χ0) is 46.8. The molecule has 1 aromatic heterocycles. The molecule has 5 unspecified atom stereocenters. The fourth-order valence-corrected chi connectivity index (χ4v) is 8.28. The molecular weight excluding hydrogens is 859 g/mol. The molecule has 16 heteroatoms. The zero-order valence-corrected chi connectivity index (χ0v) is 37.2. The van der Waals surface area contributed by atoms with Crippen LogP contribution in [0.4, 0.5) is 5.69 Å². The van der Waals surface area contributed by atoms with Crippen molar-refractivity contribution < 1.29 is 38.7 Å². The lowest BCUT2D eigenvalue weighted by atomic mass is 9.99. The van der Waals surface area contributed by atoms with Crippen LogP contribution in [0, 0.1) is 0 Å². The molecule has 0 fully saturated rings. The van der Waals surface area contributed by atoms with E-state index in [2.05, 4.69) is 31.9 Å². The number of aliphatic carboxylic acids is 1. The monoisotopic (exact) mass is 913 g/mol. The molecule has 9 N–H and O–H groups in total. The Morgan fingerprint density at radius 1 is 0.636 bits per heavy atom. The number of carboxylic acids is 1. The predicted molar refractivity (Wildman–Crippen MR) is 252 cm³/mol. The molecule has 2 aliphatic rings. The highest BCUT2D eigenvalue weighted by molar-refractivity contribution is 7.09. The molecule has 0 spiro atoms. The van der Waals surface area contributed by atoms with Crippen molar-refractivity contribution in [3.8, 4) is 11.1 Å². The van der Waals surface area contributed by atoms with Crippen molar-refractivity contribution >= 4 is 58.4 Å². The van der Waals surface area contributed by atoms with Gasteiger partial charge in [-0.3, -0.25) is 28.8 Å². The number of carbonyl (C=O) groups is 7. The second kappa shape index (κ2) is 24.2. The van der Waals surface area contributed by atoms with E-state index in [4.69, 9.17) is 5.73 Å². The standard InChI is InChI=1S/C50H55N7O8S/c51-26-8-7-15-39(50(64)65)54-46(60)41-30-34-18-22-37(23-19-34)52-44(58)24-25-45(59)53-43(31-38-14-9-27-66-38)49(63)57-42(29-33-16-20-36(21-17-33)35-12-5-2-6-13-35)48(62)55-40(47(61)56-41)28-32-10-3-1-4-11-32/h1-6,9-14,16-23,27,39-43H,7-8,15,24-26,28-31,51H2,(H,52,58)(H,53,59)(H,54,60)(H,55,62)(H,56,61)(H,57,63)(H,64,65). The Hall–Kier alpha value is -7.17. The fraction of sp³-hybridized carbons (Fsp3) is 0.300. The maximum atomic E-state index is 14.7.